The molecule has 0 aliphatic carbocycles. The lowest BCUT2D eigenvalue weighted by molar-refractivity contribution is 0.341. The Morgan fingerprint density at radius 1 is 1.35 bits per heavy atom. The van der Waals surface area contributed by atoms with Gasteiger partial charge in [0.2, 0.25) is 0 Å². The highest BCUT2D eigenvalue weighted by Crippen LogP contribution is 2.32. The average molecular weight is 248 g/mol. The Kier molecular flexibility index (Phi) is 3.64. The maximum absolute atomic E-state index is 5.68. The summed E-state index contributed by atoms with van der Waals surface area (Å²) in [6.45, 7) is 4.76. The van der Waals surface area contributed by atoms with E-state index in [0.29, 0.717) is 11.7 Å². The number of aryl methyl sites for hydroxylation is 1. The van der Waals surface area contributed by atoms with Crippen LogP contribution in [0.4, 0.5) is 5.13 Å². The number of aromatic nitrogens is 1. The highest BCUT2D eigenvalue weighted by atomic mass is 32.1. The minimum Gasteiger partial charge on any atom is -0.493 e. The molecule has 0 saturated carbocycles. The lowest BCUT2D eigenvalue weighted by atomic mass is 10.1. The molecule has 90 valence electrons. The first-order chi connectivity index (χ1) is 8.24. The van der Waals surface area contributed by atoms with Gasteiger partial charge in [0, 0.05) is 10.9 Å². The summed E-state index contributed by atoms with van der Waals surface area (Å²) in [4.78, 5) is 4.32. The van der Waals surface area contributed by atoms with Crippen molar-refractivity contribution >= 4 is 16.5 Å². The molecule has 0 fully saturated rings. The second-order valence-electron chi connectivity index (χ2n) is 3.69. The van der Waals surface area contributed by atoms with Gasteiger partial charge >= 0.3 is 0 Å². The lowest BCUT2D eigenvalue weighted by Gasteiger charge is -2.09. The molecule has 17 heavy (non-hydrogen) atoms. The van der Waals surface area contributed by atoms with Crippen molar-refractivity contribution in [2.75, 3.05) is 12.3 Å². The van der Waals surface area contributed by atoms with Crippen LogP contribution in [0.15, 0.2) is 23.6 Å². The fraction of sp³-hybridized carbons (Fsp3) is 0.308. The van der Waals surface area contributed by atoms with Crippen LogP contribution >= 0.6 is 11.3 Å². The molecule has 2 rings (SSSR count). The zero-order valence-electron chi connectivity index (χ0n) is 10.1. The van der Waals surface area contributed by atoms with Gasteiger partial charge in [0.15, 0.2) is 5.13 Å². The number of nitrogen functional groups attached to an aromatic ring is 1. The molecule has 0 spiro atoms. The molecule has 1 aromatic heterocycles. The normalized spacial score (nSPS) is 10.5. The van der Waals surface area contributed by atoms with Gasteiger partial charge in [-0.1, -0.05) is 13.0 Å². The van der Waals surface area contributed by atoms with E-state index in [1.54, 1.807) is 0 Å². The summed E-state index contributed by atoms with van der Waals surface area (Å²) in [5, 5.41) is 2.55. The summed E-state index contributed by atoms with van der Waals surface area (Å²) in [7, 11) is 0. The number of hydrogen-bond acceptors (Lipinski definition) is 4. The Morgan fingerprint density at radius 3 is 2.76 bits per heavy atom. The van der Waals surface area contributed by atoms with Crippen LogP contribution in [0.2, 0.25) is 0 Å². The fourth-order valence-corrected chi connectivity index (χ4v) is 2.25. The second-order valence-corrected chi connectivity index (χ2v) is 4.58. The number of nitrogens with zero attached hydrogens (tertiary/aromatic N) is 1. The molecule has 0 aliphatic rings. The van der Waals surface area contributed by atoms with Gasteiger partial charge in [-0.05, 0) is 31.0 Å². The summed E-state index contributed by atoms with van der Waals surface area (Å²) in [6, 6.07) is 6.22. The summed E-state index contributed by atoms with van der Waals surface area (Å²) < 4.78 is 5.62. The SMILES string of the molecule is CCOc1ccc(CC)cc1-c1csc(N)n1. The molecule has 4 heteroatoms. The van der Waals surface area contributed by atoms with Gasteiger partial charge in [-0.2, -0.15) is 0 Å². The van der Waals surface area contributed by atoms with E-state index in [2.05, 4.69) is 24.0 Å². The average Bonchev–Trinajstić information content (AvgIpc) is 2.77. The van der Waals surface area contributed by atoms with Gasteiger partial charge in [0.05, 0.1) is 12.3 Å². The van der Waals surface area contributed by atoms with Gasteiger partial charge in [0.25, 0.3) is 0 Å². The zero-order chi connectivity index (χ0) is 12.3. The molecule has 0 aliphatic heterocycles. The third kappa shape index (κ3) is 2.58. The van der Waals surface area contributed by atoms with E-state index in [-0.39, 0.29) is 0 Å². The van der Waals surface area contributed by atoms with Crippen LogP contribution in [0.5, 0.6) is 5.75 Å². The molecule has 0 amide bonds. The quantitative estimate of drug-likeness (QED) is 0.902. The second kappa shape index (κ2) is 5.19. The predicted octanol–water partition coefficient (Wildman–Crippen LogP) is 3.35. The Morgan fingerprint density at radius 2 is 2.18 bits per heavy atom. The fourth-order valence-electron chi connectivity index (χ4n) is 1.69. The Labute approximate surface area is 105 Å². The molecule has 1 aromatic carbocycles. The Hall–Kier alpha value is -1.55. The Balaban J connectivity index is 2.48. The molecule has 3 nitrogen and oxygen atoms in total. The van der Waals surface area contributed by atoms with E-state index in [0.717, 1.165) is 23.4 Å². The first-order valence-electron chi connectivity index (χ1n) is 5.71. The molecule has 0 radical (unpaired) electrons. The van der Waals surface area contributed by atoms with E-state index < -0.39 is 0 Å². The van der Waals surface area contributed by atoms with Crippen molar-refractivity contribution in [1.29, 1.82) is 0 Å². The molecule has 0 bridgehead atoms. The predicted molar refractivity (Wildman–Crippen MR) is 72.5 cm³/mol. The van der Waals surface area contributed by atoms with E-state index in [9.17, 15) is 0 Å². The smallest absolute Gasteiger partial charge is 0.180 e. The van der Waals surface area contributed by atoms with Crippen molar-refractivity contribution in [1.82, 2.24) is 4.98 Å². The van der Waals surface area contributed by atoms with Crippen molar-refractivity contribution in [2.24, 2.45) is 0 Å². The van der Waals surface area contributed by atoms with E-state index in [1.165, 1.54) is 16.9 Å². The van der Waals surface area contributed by atoms with Gasteiger partial charge in [0.1, 0.15) is 5.75 Å². The standard InChI is InChI=1S/C13H16N2OS/c1-3-9-5-6-12(16-4-2)10(7-9)11-8-17-13(14)15-11/h5-8H,3-4H2,1-2H3,(H2,14,15). The maximum atomic E-state index is 5.68. The van der Waals surface area contributed by atoms with Crippen molar-refractivity contribution in [2.45, 2.75) is 20.3 Å². The van der Waals surface area contributed by atoms with Gasteiger partial charge in [-0.15, -0.1) is 11.3 Å². The molecule has 0 atom stereocenters. The van der Waals surface area contributed by atoms with Gasteiger partial charge in [-0.3, -0.25) is 0 Å². The highest BCUT2D eigenvalue weighted by molar-refractivity contribution is 7.13. The maximum Gasteiger partial charge on any atom is 0.180 e. The van der Waals surface area contributed by atoms with Crippen LogP contribution in [0.25, 0.3) is 11.3 Å². The minimum absolute atomic E-state index is 0.587. The first kappa shape index (κ1) is 11.9. The monoisotopic (exact) mass is 248 g/mol. The van der Waals surface area contributed by atoms with Crippen LogP contribution in [0.1, 0.15) is 19.4 Å². The molecule has 0 unspecified atom stereocenters. The van der Waals surface area contributed by atoms with Gasteiger partial charge in [-0.25, -0.2) is 4.98 Å². The van der Waals surface area contributed by atoms with Crippen LogP contribution < -0.4 is 10.5 Å². The van der Waals surface area contributed by atoms with Crippen molar-refractivity contribution < 1.29 is 4.74 Å². The molecule has 2 aromatic rings. The summed E-state index contributed by atoms with van der Waals surface area (Å²) in [5.41, 5.74) is 8.87. The number of thiazole rings is 1. The van der Waals surface area contributed by atoms with E-state index in [1.807, 2.05) is 18.4 Å². The molecule has 1 heterocycles. The van der Waals surface area contributed by atoms with E-state index >= 15 is 0 Å². The van der Waals surface area contributed by atoms with Crippen LogP contribution in [-0.4, -0.2) is 11.6 Å². The first-order valence-corrected chi connectivity index (χ1v) is 6.59. The van der Waals surface area contributed by atoms with E-state index in [4.69, 9.17) is 10.5 Å². The third-order valence-corrected chi connectivity index (χ3v) is 3.22. The van der Waals surface area contributed by atoms with Crippen LogP contribution in [0, 0.1) is 0 Å². The van der Waals surface area contributed by atoms with Crippen LogP contribution in [-0.2, 0) is 6.42 Å². The topological polar surface area (TPSA) is 48.1 Å². The number of ether oxygens (including phenoxy) is 1. The zero-order valence-corrected chi connectivity index (χ0v) is 10.9. The van der Waals surface area contributed by atoms with Crippen molar-refractivity contribution in [3.05, 3.63) is 29.1 Å². The minimum atomic E-state index is 0.587. The van der Waals surface area contributed by atoms with Gasteiger partial charge < -0.3 is 10.5 Å². The summed E-state index contributed by atoms with van der Waals surface area (Å²) in [5.74, 6) is 0.870. The summed E-state index contributed by atoms with van der Waals surface area (Å²) in [6.07, 6.45) is 0.999. The van der Waals surface area contributed by atoms with Crippen molar-refractivity contribution in [3.63, 3.8) is 0 Å². The molecule has 2 N–H and O–H groups in total. The molecule has 0 saturated heterocycles. The number of nitrogens with two attached hydrogens (primary N) is 1. The third-order valence-electron chi connectivity index (χ3n) is 2.55. The lowest BCUT2D eigenvalue weighted by Crippen LogP contribution is -1.95. The Bertz CT molecular complexity index is 508. The molecular formula is C13H16N2OS. The number of benzene rings is 1. The highest BCUT2D eigenvalue weighted by Gasteiger charge is 2.10. The molecular weight excluding hydrogens is 232 g/mol. The number of rotatable bonds is 4. The summed E-state index contributed by atoms with van der Waals surface area (Å²) >= 11 is 1.45. The number of anilines is 1. The largest absolute Gasteiger partial charge is 0.493 e. The number of hydrogen-bond donors (Lipinski definition) is 1. The van der Waals surface area contributed by atoms with Crippen LogP contribution in [0.3, 0.4) is 0 Å². The van der Waals surface area contributed by atoms with Crippen molar-refractivity contribution in [3.8, 4) is 17.0 Å².